The third-order valence-corrected chi connectivity index (χ3v) is 3.46. The Morgan fingerprint density at radius 1 is 1.18 bits per heavy atom. The Morgan fingerprint density at radius 2 is 1.94 bits per heavy atom. The van der Waals surface area contributed by atoms with E-state index in [4.69, 9.17) is 0 Å². The SMILES string of the molecule is C/C=C\C1=C(/C)CN(C)c2ccccc2CC1. The molecule has 0 atom stereocenters. The Balaban J connectivity index is 2.35. The van der Waals surface area contributed by atoms with Gasteiger partial charge in [-0.3, -0.25) is 0 Å². The molecular weight excluding hydrogens is 206 g/mol. The van der Waals surface area contributed by atoms with Crippen molar-refractivity contribution in [3.05, 3.63) is 53.1 Å². The molecule has 0 saturated heterocycles. The van der Waals surface area contributed by atoms with Gasteiger partial charge in [0.2, 0.25) is 0 Å². The summed E-state index contributed by atoms with van der Waals surface area (Å²) in [6.45, 7) is 5.37. The van der Waals surface area contributed by atoms with Crippen molar-refractivity contribution >= 4 is 5.69 Å². The summed E-state index contributed by atoms with van der Waals surface area (Å²) >= 11 is 0. The van der Waals surface area contributed by atoms with Crippen LogP contribution in [-0.2, 0) is 6.42 Å². The summed E-state index contributed by atoms with van der Waals surface area (Å²) in [7, 11) is 2.18. The number of nitrogens with zero attached hydrogens (tertiary/aromatic N) is 1. The van der Waals surface area contributed by atoms with Gasteiger partial charge in [-0.15, -0.1) is 0 Å². The van der Waals surface area contributed by atoms with Crippen molar-refractivity contribution in [2.45, 2.75) is 26.7 Å². The molecule has 1 aliphatic rings. The highest BCUT2D eigenvalue weighted by molar-refractivity contribution is 5.55. The minimum absolute atomic E-state index is 1.02. The van der Waals surface area contributed by atoms with Gasteiger partial charge in [0.1, 0.15) is 0 Å². The first-order chi connectivity index (χ1) is 8.22. The van der Waals surface area contributed by atoms with Crippen LogP contribution in [0.2, 0.25) is 0 Å². The lowest BCUT2D eigenvalue weighted by atomic mass is 9.96. The molecule has 1 nitrogen and oxygen atoms in total. The molecule has 0 bridgehead atoms. The smallest absolute Gasteiger partial charge is 0.0399 e. The molecule has 0 spiro atoms. The second-order valence-electron chi connectivity index (χ2n) is 4.79. The number of fused-ring (bicyclic) bond motifs is 1. The fourth-order valence-electron chi connectivity index (χ4n) is 2.55. The Morgan fingerprint density at radius 3 is 2.71 bits per heavy atom. The van der Waals surface area contributed by atoms with Crippen LogP contribution < -0.4 is 4.90 Å². The summed E-state index contributed by atoms with van der Waals surface area (Å²) in [5.41, 5.74) is 5.82. The number of allylic oxidation sites excluding steroid dienone is 3. The number of para-hydroxylation sites is 1. The van der Waals surface area contributed by atoms with E-state index in [-0.39, 0.29) is 0 Å². The lowest BCUT2D eigenvalue weighted by Crippen LogP contribution is -2.23. The van der Waals surface area contributed by atoms with Gasteiger partial charge in [0.25, 0.3) is 0 Å². The summed E-state index contributed by atoms with van der Waals surface area (Å²) in [4.78, 5) is 2.35. The Bertz CT molecular complexity index is 454. The van der Waals surface area contributed by atoms with E-state index >= 15 is 0 Å². The molecule has 17 heavy (non-hydrogen) atoms. The fraction of sp³-hybridized carbons (Fsp3) is 0.375. The minimum Gasteiger partial charge on any atom is -0.370 e. The van der Waals surface area contributed by atoms with Crippen LogP contribution in [0.5, 0.6) is 0 Å². The predicted octanol–water partition coefficient (Wildman–Crippen LogP) is 3.96. The topological polar surface area (TPSA) is 3.24 Å². The highest BCUT2D eigenvalue weighted by Crippen LogP contribution is 2.27. The van der Waals surface area contributed by atoms with E-state index in [1.807, 2.05) is 0 Å². The van der Waals surface area contributed by atoms with E-state index in [0.29, 0.717) is 0 Å². The molecule has 0 unspecified atom stereocenters. The quantitative estimate of drug-likeness (QED) is 0.702. The molecule has 0 radical (unpaired) electrons. The Labute approximate surface area is 104 Å². The van der Waals surface area contributed by atoms with Crippen molar-refractivity contribution in [2.75, 3.05) is 18.5 Å². The van der Waals surface area contributed by atoms with E-state index < -0.39 is 0 Å². The van der Waals surface area contributed by atoms with Gasteiger partial charge >= 0.3 is 0 Å². The van der Waals surface area contributed by atoms with Crippen LogP contribution in [0.15, 0.2) is 47.6 Å². The van der Waals surface area contributed by atoms with E-state index in [2.05, 4.69) is 62.2 Å². The average Bonchev–Trinajstić information content (AvgIpc) is 2.33. The van der Waals surface area contributed by atoms with Crippen LogP contribution in [0.1, 0.15) is 25.8 Å². The second kappa shape index (κ2) is 5.22. The van der Waals surface area contributed by atoms with Crippen LogP contribution in [0.4, 0.5) is 5.69 Å². The molecule has 0 aliphatic carbocycles. The van der Waals surface area contributed by atoms with Crippen LogP contribution in [-0.4, -0.2) is 13.6 Å². The highest BCUT2D eigenvalue weighted by Gasteiger charge is 2.12. The standard InChI is InChI=1S/C16H21N/c1-4-7-14-10-11-15-8-5-6-9-16(15)17(3)12-13(14)2/h4-9H,10-12H2,1-3H3/b7-4-,14-13-. The molecule has 0 amide bonds. The molecule has 0 fully saturated rings. The third-order valence-electron chi connectivity index (χ3n) is 3.46. The first-order valence-corrected chi connectivity index (χ1v) is 6.32. The molecule has 1 heterocycles. The van der Waals surface area contributed by atoms with E-state index in [1.54, 1.807) is 0 Å². The summed E-state index contributed by atoms with van der Waals surface area (Å²) < 4.78 is 0. The minimum atomic E-state index is 1.02. The molecule has 1 aromatic rings. The molecule has 1 aromatic carbocycles. The zero-order valence-electron chi connectivity index (χ0n) is 11.0. The molecule has 0 N–H and O–H groups in total. The third kappa shape index (κ3) is 2.60. The zero-order chi connectivity index (χ0) is 12.3. The van der Waals surface area contributed by atoms with E-state index in [9.17, 15) is 0 Å². The van der Waals surface area contributed by atoms with Gasteiger partial charge < -0.3 is 4.90 Å². The van der Waals surface area contributed by atoms with Crippen LogP contribution in [0.3, 0.4) is 0 Å². The van der Waals surface area contributed by atoms with Crippen molar-refractivity contribution in [3.63, 3.8) is 0 Å². The molecular formula is C16H21N. The van der Waals surface area contributed by atoms with Gasteiger partial charge in [0, 0.05) is 19.3 Å². The van der Waals surface area contributed by atoms with Crippen molar-refractivity contribution in [2.24, 2.45) is 0 Å². The maximum atomic E-state index is 2.35. The number of benzene rings is 1. The van der Waals surface area contributed by atoms with E-state index in [0.717, 1.165) is 19.4 Å². The van der Waals surface area contributed by atoms with Crippen molar-refractivity contribution in [1.82, 2.24) is 0 Å². The molecule has 1 heteroatoms. The molecule has 90 valence electrons. The van der Waals surface area contributed by atoms with Gasteiger partial charge in [-0.2, -0.15) is 0 Å². The number of likely N-dealkylation sites (N-methyl/N-ethyl adjacent to an activating group) is 1. The first kappa shape index (κ1) is 12.0. The molecule has 0 aromatic heterocycles. The Kier molecular flexibility index (Phi) is 3.68. The van der Waals surface area contributed by atoms with Gasteiger partial charge in [-0.25, -0.2) is 0 Å². The lowest BCUT2D eigenvalue weighted by Gasteiger charge is -2.26. The lowest BCUT2D eigenvalue weighted by molar-refractivity contribution is 0.869. The van der Waals surface area contributed by atoms with Gasteiger partial charge in [-0.1, -0.05) is 35.9 Å². The maximum absolute atomic E-state index is 2.35. The second-order valence-corrected chi connectivity index (χ2v) is 4.79. The molecule has 1 aliphatic heterocycles. The number of anilines is 1. The largest absolute Gasteiger partial charge is 0.370 e. The summed E-state index contributed by atoms with van der Waals surface area (Å²) in [6.07, 6.45) is 6.70. The number of rotatable bonds is 1. The van der Waals surface area contributed by atoms with Crippen LogP contribution in [0.25, 0.3) is 0 Å². The van der Waals surface area contributed by atoms with Gasteiger partial charge in [0.05, 0.1) is 0 Å². The fourth-order valence-corrected chi connectivity index (χ4v) is 2.55. The van der Waals surface area contributed by atoms with Gasteiger partial charge in [-0.05, 0) is 43.9 Å². The Hall–Kier alpha value is -1.50. The summed E-state index contributed by atoms with van der Waals surface area (Å²) in [5, 5.41) is 0. The highest BCUT2D eigenvalue weighted by atomic mass is 15.1. The van der Waals surface area contributed by atoms with Gasteiger partial charge in [0.15, 0.2) is 0 Å². The average molecular weight is 227 g/mol. The predicted molar refractivity (Wildman–Crippen MR) is 75.5 cm³/mol. The number of hydrogen-bond acceptors (Lipinski definition) is 1. The van der Waals surface area contributed by atoms with Crippen LogP contribution >= 0.6 is 0 Å². The normalized spacial score (nSPS) is 21.2. The van der Waals surface area contributed by atoms with E-state index in [1.165, 1.54) is 22.4 Å². The molecule has 2 rings (SSSR count). The van der Waals surface area contributed by atoms with Crippen molar-refractivity contribution in [3.8, 4) is 0 Å². The van der Waals surface area contributed by atoms with Crippen LogP contribution in [0, 0.1) is 0 Å². The maximum Gasteiger partial charge on any atom is 0.0399 e. The van der Waals surface area contributed by atoms with Crippen molar-refractivity contribution < 1.29 is 0 Å². The first-order valence-electron chi connectivity index (χ1n) is 6.32. The number of hydrogen-bond donors (Lipinski definition) is 0. The zero-order valence-corrected chi connectivity index (χ0v) is 11.0. The molecule has 0 saturated carbocycles. The number of aryl methyl sites for hydroxylation is 1. The monoisotopic (exact) mass is 227 g/mol. The summed E-state index contributed by atoms with van der Waals surface area (Å²) in [6, 6.07) is 8.74. The van der Waals surface area contributed by atoms with Crippen molar-refractivity contribution in [1.29, 1.82) is 0 Å². The summed E-state index contributed by atoms with van der Waals surface area (Å²) in [5.74, 6) is 0.